The second-order valence-electron chi connectivity index (χ2n) is 10.6. The maximum atomic E-state index is 14.7. The molecule has 7 nitrogen and oxygen atoms in total. The average molecular weight is 484 g/mol. The van der Waals surface area contributed by atoms with Gasteiger partial charge in [0.1, 0.15) is 17.2 Å². The first-order valence-electron chi connectivity index (χ1n) is 11.1. The monoisotopic (exact) mass is 484 g/mol. The summed E-state index contributed by atoms with van der Waals surface area (Å²) in [6, 6.07) is 0.391. The van der Waals surface area contributed by atoms with Gasteiger partial charge in [-0.1, -0.05) is 0 Å². The number of hydrogen-bond donors (Lipinski definition) is 3. The Morgan fingerprint density at radius 2 is 1.97 bits per heavy atom. The molecule has 0 bridgehead atoms. The van der Waals surface area contributed by atoms with Gasteiger partial charge >= 0.3 is 6.18 Å². The Hall–Kier alpha value is -2.85. The molecule has 1 saturated heterocycles. The van der Waals surface area contributed by atoms with E-state index in [1.54, 1.807) is 13.8 Å². The Morgan fingerprint density at radius 3 is 2.59 bits per heavy atom. The molecule has 2 amide bonds. The predicted octanol–water partition coefficient (Wildman–Crippen LogP) is 3.73. The summed E-state index contributed by atoms with van der Waals surface area (Å²) in [5.74, 6) is -2.78. The summed E-state index contributed by atoms with van der Waals surface area (Å²) in [5, 5.41) is 13.8. The molecular weight excluding hydrogens is 456 g/mol. The minimum Gasteiger partial charge on any atom is -0.487 e. The van der Waals surface area contributed by atoms with Gasteiger partial charge in [0.25, 0.3) is 0 Å². The van der Waals surface area contributed by atoms with Crippen LogP contribution in [0, 0.1) is 23.1 Å². The number of fused-ring (bicyclic) bond motifs is 1. The molecule has 1 aromatic rings. The molecule has 2 heterocycles. The standard InChI is InChI=1S/C23H28F4N4O3/c1-21(2)9-16(32)31(20(28)30-21)10-11-7-12(11)19(33)29-15-8-22(3,4)34-18-13(23(25,26)27)5-6-14(24)17(15)18/h5-6,11-12,15H,7-10H2,1-4H3,(H2,28,30)(H,29,33)/t11?,12-,15?/m1/s1. The van der Waals surface area contributed by atoms with Crippen molar-refractivity contribution in [3.05, 3.63) is 29.1 Å². The van der Waals surface area contributed by atoms with Crippen LogP contribution >= 0.6 is 0 Å². The average Bonchev–Trinajstić information content (AvgIpc) is 3.41. The minimum atomic E-state index is -4.74. The maximum absolute atomic E-state index is 14.7. The fourth-order valence-corrected chi connectivity index (χ4v) is 4.78. The molecule has 1 aromatic carbocycles. The van der Waals surface area contributed by atoms with E-state index >= 15 is 0 Å². The van der Waals surface area contributed by atoms with Crippen molar-refractivity contribution < 1.29 is 31.9 Å². The molecule has 3 atom stereocenters. The van der Waals surface area contributed by atoms with Crippen LogP contribution in [-0.2, 0) is 15.8 Å². The molecule has 0 aromatic heterocycles. The van der Waals surface area contributed by atoms with E-state index in [1.807, 2.05) is 13.8 Å². The molecule has 1 aliphatic carbocycles. The van der Waals surface area contributed by atoms with Crippen molar-refractivity contribution in [1.82, 2.24) is 15.5 Å². The number of hydrogen-bond acceptors (Lipinski definition) is 4. The van der Waals surface area contributed by atoms with E-state index in [1.165, 1.54) is 4.90 Å². The lowest BCUT2D eigenvalue weighted by Gasteiger charge is -2.39. The van der Waals surface area contributed by atoms with Gasteiger partial charge in [0.05, 0.1) is 17.2 Å². The largest absolute Gasteiger partial charge is 0.487 e. The van der Waals surface area contributed by atoms with Crippen molar-refractivity contribution in [3.63, 3.8) is 0 Å². The van der Waals surface area contributed by atoms with Gasteiger partial charge in [-0.15, -0.1) is 0 Å². The number of nitrogens with zero attached hydrogens (tertiary/aromatic N) is 1. The van der Waals surface area contributed by atoms with E-state index in [9.17, 15) is 27.2 Å². The summed E-state index contributed by atoms with van der Waals surface area (Å²) in [5.41, 5.74) is -2.97. The topological polar surface area (TPSA) is 94.5 Å². The zero-order valence-corrected chi connectivity index (χ0v) is 19.4. The second kappa shape index (κ2) is 7.84. The highest BCUT2D eigenvalue weighted by Crippen LogP contribution is 2.48. The van der Waals surface area contributed by atoms with Crippen LogP contribution in [-0.4, -0.2) is 40.4 Å². The Morgan fingerprint density at radius 1 is 1.29 bits per heavy atom. The molecule has 11 heteroatoms. The number of nitrogens with one attached hydrogen (secondary N) is 3. The highest BCUT2D eigenvalue weighted by molar-refractivity contribution is 5.99. The fraction of sp³-hybridized carbons (Fsp3) is 0.609. The van der Waals surface area contributed by atoms with E-state index in [0.717, 1.165) is 6.07 Å². The van der Waals surface area contributed by atoms with Crippen LogP contribution in [0.2, 0.25) is 0 Å². The van der Waals surface area contributed by atoms with Gasteiger partial charge in [-0.25, -0.2) is 4.39 Å². The first kappa shape index (κ1) is 24.3. The minimum absolute atomic E-state index is 0.0193. The van der Waals surface area contributed by atoms with Crippen molar-refractivity contribution in [1.29, 1.82) is 5.41 Å². The second-order valence-corrected chi connectivity index (χ2v) is 10.6. The predicted molar refractivity (Wildman–Crippen MR) is 114 cm³/mol. The van der Waals surface area contributed by atoms with Crippen LogP contribution in [0.25, 0.3) is 0 Å². The van der Waals surface area contributed by atoms with Crippen LogP contribution in [0.5, 0.6) is 5.75 Å². The Bertz CT molecular complexity index is 1030. The molecule has 2 fully saturated rings. The third-order valence-corrected chi connectivity index (χ3v) is 6.48. The number of rotatable bonds is 4. The SMILES string of the molecule is CC1(C)CC(=O)N(CC2C[C@H]2C(=O)NC2CC(C)(C)Oc3c(C(F)(F)F)ccc(F)c32)C(=N)N1. The highest BCUT2D eigenvalue weighted by atomic mass is 19.4. The smallest absolute Gasteiger partial charge is 0.419 e. The van der Waals surface area contributed by atoms with Gasteiger partial charge in [0.15, 0.2) is 5.96 Å². The Balaban J connectivity index is 1.49. The Kier molecular flexibility index (Phi) is 5.60. The zero-order chi connectivity index (χ0) is 25.2. The van der Waals surface area contributed by atoms with E-state index in [2.05, 4.69) is 10.6 Å². The van der Waals surface area contributed by atoms with Crippen LogP contribution in [0.4, 0.5) is 17.6 Å². The molecule has 0 spiro atoms. The number of benzene rings is 1. The molecule has 3 N–H and O–H groups in total. The summed E-state index contributed by atoms with van der Waals surface area (Å²) in [6.45, 7) is 7.01. The number of alkyl halides is 3. The summed E-state index contributed by atoms with van der Waals surface area (Å²) in [6.07, 6.45) is -3.96. The van der Waals surface area contributed by atoms with Crippen molar-refractivity contribution in [2.45, 2.75) is 70.3 Å². The lowest BCUT2D eigenvalue weighted by Crippen LogP contribution is -2.60. The van der Waals surface area contributed by atoms with Crippen LogP contribution < -0.4 is 15.4 Å². The van der Waals surface area contributed by atoms with Crippen molar-refractivity contribution in [3.8, 4) is 5.75 Å². The summed E-state index contributed by atoms with van der Waals surface area (Å²) in [7, 11) is 0. The van der Waals surface area contributed by atoms with Gasteiger partial charge in [-0.3, -0.25) is 19.9 Å². The van der Waals surface area contributed by atoms with Crippen molar-refractivity contribution in [2.75, 3.05) is 6.54 Å². The number of amides is 2. The summed E-state index contributed by atoms with van der Waals surface area (Å²) >= 11 is 0. The van der Waals surface area contributed by atoms with E-state index in [0.29, 0.717) is 12.5 Å². The lowest BCUT2D eigenvalue weighted by atomic mass is 9.87. The van der Waals surface area contributed by atoms with Gasteiger partial charge in [-0.2, -0.15) is 13.2 Å². The van der Waals surface area contributed by atoms with Gasteiger partial charge in [-0.05, 0) is 52.2 Å². The number of carbonyl (C=O) groups excluding carboxylic acids is 2. The zero-order valence-electron chi connectivity index (χ0n) is 19.4. The first-order chi connectivity index (χ1) is 15.6. The van der Waals surface area contributed by atoms with Gasteiger partial charge in [0, 0.05) is 30.8 Å². The molecule has 186 valence electrons. The molecule has 1 saturated carbocycles. The molecule has 34 heavy (non-hydrogen) atoms. The molecule has 2 unspecified atom stereocenters. The number of halogens is 4. The van der Waals surface area contributed by atoms with Gasteiger partial charge in [0.2, 0.25) is 11.8 Å². The lowest BCUT2D eigenvalue weighted by molar-refractivity contribution is -0.140. The van der Waals surface area contributed by atoms with Crippen molar-refractivity contribution in [2.24, 2.45) is 11.8 Å². The quantitative estimate of drug-likeness (QED) is 0.568. The molecule has 0 radical (unpaired) electrons. The van der Waals surface area contributed by atoms with E-state index in [4.69, 9.17) is 10.1 Å². The van der Waals surface area contributed by atoms with Crippen LogP contribution in [0.15, 0.2) is 12.1 Å². The highest BCUT2D eigenvalue weighted by Gasteiger charge is 2.49. The maximum Gasteiger partial charge on any atom is 0.419 e. The van der Waals surface area contributed by atoms with Crippen molar-refractivity contribution >= 4 is 17.8 Å². The molecule has 2 aliphatic heterocycles. The van der Waals surface area contributed by atoms with Crippen LogP contribution in [0.1, 0.15) is 64.1 Å². The number of ether oxygens (including phenoxy) is 1. The Labute approximate surface area is 194 Å². The summed E-state index contributed by atoms with van der Waals surface area (Å²) in [4.78, 5) is 26.7. The third-order valence-electron chi connectivity index (χ3n) is 6.48. The molecule has 4 rings (SSSR count). The van der Waals surface area contributed by atoms with Gasteiger partial charge < -0.3 is 15.4 Å². The summed E-state index contributed by atoms with van der Waals surface area (Å²) < 4.78 is 60.8. The number of carbonyl (C=O) groups is 2. The van der Waals surface area contributed by atoms with Crippen LogP contribution in [0.3, 0.4) is 0 Å². The van der Waals surface area contributed by atoms with E-state index < -0.39 is 52.3 Å². The van der Waals surface area contributed by atoms with E-state index in [-0.39, 0.29) is 42.7 Å². The molecular formula is C23H28F4N4O3. The molecule has 3 aliphatic rings. The normalized spacial score (nSPS) is 27.4. The first-order valence-corrected chi connectivity index (χ1v) is 11.1. The third kappa shape index (κ3) is 4.69. The number of guanidine groups is 1. The fourth-order valence-electron chi connectivity index (χ4n) is 4.78.